The number of carbonyl (C=O) groups excluding carboxylic acids is 1. The maximum Gasteiger partial charge on any atom is 0.273 e. The van der Waals surface area contributed by atoms with Crippen LogP contribution < -0.4 is 25.7 Å². The molecule has 4 N–H and O–H groups in total. The number of amides is 1. The second-order valence-corrected chi connectivity index (χ2v) is 5.49. The number of benzene rings is 1. The molecule has 0 aliphatic carbocycles. The molecule has 0 unspecified atom stereocenters. The van der Waals surface area contributed by atoms with Crippen LogP contribution in [0.4, 0.5) is 11.8 Å². The first-order valence-corrected chi connectivity index (χ1v) is 7.48. The summed E-state index contributed by atoms with van der Waals surface area (Å²) in [6.45, 7) is 0.641. The van der Waals surface area contributed by atoms with E-state index in [1.165, 1.54) is 21.3 Å². The number of hydrogen-bond acceptors (Lipinski definition) is 8. The number of ether oxygens (including phenoxy) is 3. The molecule has 9 nitrogen and oxygen atoms in total. The summed E-state index contributed by atoms with van der Waals surface area (Å²) in [6, 6.07) is 3.59. The Morgan fingerprint density at radius 3 is 2.28 bits per heavy atom. The number of nitrogen functional groups attached to an aromatic ring is 2. The maximum absolute atomic E-state index is 12.6. The minimum Gasteiger partial charge on any atom is -0.493 e. The Bertz CT molecular complexity index is 815. The van der Waals surface area contributed by atoms with Crippen LogP contribution in [0.5, 0.6) is 17.2 Å². The first kappa shape index (κ1) is 16.6. The fraction of sp³-hybridized carbons (Fsp3) is 0.312. The molecule has 1 amide bonds. The third kappa shape index (κ3) is 2.84. The van der Waals surface area contributed by atoms with Gasteiger partial charge in [-0.2, -0.15) is 4.98 Å². The van der Waals surface area contributed by atoms with Crippen LogP contribution >= 0.6 is 0 Å². The van der Waals surface area contributed by atoms with E-state index < -0.39 is 0 Å². The van der Waals surface area contributed by atoms with E-state index in [0.29, 0.717) is 35.9 Å². The van der Waals surface area contributed by atoms with Crippen molar-refractivity contribution in [3.05, 3.63) is 29.0 Å². The van der Waals surface area contributed by atoms with E-state index in [1.807, 2.05) is 0 Å². The summed E-state index contributed by atoms with van der Waals surface area (Å²) in [5.41, 5.74) is 13.1. The Hall–Kier alpha value is -3.23. The van der Waals surface area contributed by atoms with Crippen molar-refractivity contribution in [1.82, 2.24) is 14.9 Å². The second kappa shape index (κ2) is 6.34. The van der Waals surface area contributed by atoms with Crippen molar-refractivity contribution in [2.45, 2.75) is 13.1 Å². The first-order valence-electron chi connectivity index (χ1n) is 7.48. The molecule has 0 fully saturated rings. The summed E-state index contributed by atoms with van der Waals surface area (Å²) in [5, 5.41) is 0. The summed E-state index contributed by atoms with van der Waals surface area (Å²) < 4.78 is 16.0. The zero-order valence-electron chi connectivity index (χ0n) is 14.2. The lowest BCUT2D eigenvalue weighted by Crippen LogP contribution is -2.23. The number of nitrogens with zero attached hydrogens (tertiary/aromatic N) is 3. The number of anilines is 2. The SMILES string of the molecule is COc1cc(CN2Cc3c(N)nc(N)nc3C2=O)cc(OC)c1OC. The van der Waals surface area contributed by atoms with Crippen molar-refractivity contribution in [3.63, 3.8) is 0 Å². The highest BCUT2D eigenvalue weighted by Gasteiger charge is 2.32. The van der Waals surface area contributed by atoms with Crippen LogP contribution in [0.15, 0.2) is 12.1 Å². The predicted octanol–water partition coefficient (Wildman–Crippen LogP) is 0.823. The molecule has 0 saturated heterocycles. The molecule has 0 bridgehead atoms. The van der Waals surface area contributed by atoms with Gasteiger partial charge in [-0.3, -0.25) is 4.79 Å². The van der Waals surface area contributed by atoms with Crippen LogP contribution in [0.2, 0.25) is 0 Å². The van der Waals surface area contributed by atoms with E-state index in [-0.39, 0.29) is 23.4 Å². The molecule has 3 rings (SSSR count). The van der Waals surface area contributed by atoms with Crippen molar-refractivity contribution in [2.75, 3.05) is 32.8 Å². The van der Waals surface area contributed by atoms with Gasteiger partial charge in [0, 0.05) is 12.1 Å². The average molecular weight is 345 g/mol. The third-order valence-electron chi connectivity index (χ3n) is 3.99. The molecule has 0 atom stereocenters. The van der Waals surface area contributed by atoms with Gasteiger partial charge in [0.25, 0.3) is 5.91 Å². The standard InChI is InChI=1S/C16H19N5O4/c1-23-10-4-8(5-11(24-2)13(10)25-3)6-21-7-9-12(15(21)22)19-16(18)20-14(9)17/h4-5H,6-7H2,1-3H3,(H4,17,18,19,20). The Morgan fingerprint density at radius 2 is 1.72 bits per heavy atom. The molecule has 0 saturated carbocycles. The minimum absolute atomic E-state index is 0.0146. The largest absolute Gasteiger partial charge is 0.493 e. The van der Waals surface area contributed by atoms with Gasteiger partial charge >= 0.3 is 0 Å². The fourth-order valence-electron chi connectivity index (χ4n) is 2.84. The average Bonchev–Trinajstić information content (AvgIpc) is 2.90. The number of methoxy groups -OCH3 is 3. The normalized spacial score (nSPS) is 12.9. The molecule has 9 heteroatoms. The molecule has 0 spiro atoms. The molecule has 2 heterocycles. The number of nitrogens with two attached hydrogens (primary N) is 2. The van der Waals surface area contributed by atoms with Crippen molar-refractivity contribution < 1.29 is 19.0 Å². The van der Waals surface area contributed by atoms with Crippen LogP contribution in [0.25, 0.3) is 0 Å². The Labute approximate surface area is 144 Å². The number of carbonyl (C=O) groups is 1. The molecule has 1 aliphatic rings. The van der Waals surface area contributed by atoms with Gasteiger partial charge in [-0.05, 0) is 17.7 Å². The quantitative estimate of drug-likeness (QED) is 0.816. The summed E-state index contributed by atoms with van der Waals surface area (Å²) in [7, 11) is 4.61. The van der Waals surface area contributed by atoms with Gasteiger partial charge in [-0.15, -0.1) is 0 Å². The summed E-state index contributed by atoms with van der Waals surface area (Å²) >= 11 is 0. The molecule has 1 aliphatic heterocycles. The molecule has 2 aromatic rings. The van der Waals surface area contributed by atoms with Crippen molar-refractivity contribution in [3.8, 4) is 17.2 Å². The van der Waals surface area contributed by atoms with Gasteiger partial charge in [0.15, 0.2) is 11.5 Å². The minimum atomic E-state index is -0.246. The van der Waals surface area contributed by atoms with E-state index in [4.69, 9.17) is 25.7 Å². The molecular weight excluding hydrogens is 326 g/mol. The van der Waals surface area contributed by atoms with E-state index in [9.17, 15) is 4.79 Å². The lowest BCUT2D eigenvalue weighted by molar-refractivity contribution is 0.0762. The zero-order chi connectivity index (χ0) is 18.1. The van der Waals surface area contributed by atoms with Gasteiger partial charge in [-0.1, -0.05) is 0 Å². The van der Waals surface area contributed by atoms with E-state index >= 15 is 0 Å². The lowest BCUT2D eigenvalue weighted by atomic mass is 10.1. The Balaban J connectivity index is 1.91. The number of rotatable bonds is 5. The van der Waals surface area contributed by atoms with Crippen molar-refractivity contribution in [1.29, 1.82) is 0 Å². The number of fused-ring (bicyclic) bond motifs is 1. The highest BCUT2D eigenvalue weighted by atomic mass is 16.5. The summed E-state index contributed by atoms with van der Waals surface area (Å²) in [6.07, 6.45) is 0. The molecule has 25 heavy (non-hydrogen) atoms. The predicted molar refractivity (Wildman–Crippen MR) is 90.5 cm³/mol. The molecule has 132 valence electrons. The van der Waals surface area contributed by atoms with Crippen LogP contribution in [-0.4, -0.2) is 42.1 Å². The van der Waals surface area contributed by atoms with E-state index in [0.717, 1.165) is 5.56 Å². The van der Waals surface area contributed by atoms with Gasteiger partial charge < -0.3 is 30.6 Å². The van der Waals surface area contributed by atoms with Gasteiger partial charge in [-0.25, -0.2) is 4.98 Å². The second-order valence-electron chi connectivity index (χ2n) is 5.49. The van der Waals surface area contributed by atoms with E-state index in [2.05, 4.69) is 9.97 Å². The third-order valence-corrected chi connectivity index (χ3v) is 3.99. The van der Waals surface area contributed by atoms with Gasteiger partial charge in [0.2, 0.25) is 11.7 Å². The molecule has 1 aromatic heterocycles. The van der Waals surface area contributed by atoms with E-state index in [1.54, 1.807) is 17.0 Å². The highest BCUT2D eigenvalue weighted by Crippen LogP contribution is 2.39. The summed E-state index contributed by atoms with van der Waals surface area (Å²) in [4.78, 5) is 22.1. The first-order chi connectivity index (χ1) is 12.0. The van der Waals surface area contributed by atoms with Crippen LogP contribution in [-0.2, 0) is 13.1 Å². The van der Waals surface area contributed by atoms with Crippen LogP contribution in [0.3, 0.4) is 0 Å². The summed E-state index contributed by atoms with van der Waals surface area (Å²) in [5.74, 6) is 1.49. The Morgan fingerprint density at radius 1 is 1.08 bits per heavy atom. The van der Waals surface area contributed by atoms with Crippen molar-refractivity contribution >= 4 is 17.7 Å². The monoisotopic (exact) mass is 345 g/mol. The van der Waals surface area contributed by atoms with Gasteiger partial charge in [0.1, 0.15) is 11.5 Å². The fourth-order valence-corrected chi connectivity index (χ4v) is 2.84. The highest BCUT2D eigenvalue weighted by molar-refractivity contribution is 5.97. The topological polar surface area (TPSA) is 126 Å². The van der Waals surface area contributed by atoms with Crippen LogP contribution in [0, 0.1) is 0 Å². The van der Waals surface area contributed by atoms with Crippen LogP contribution in [0.1, 0.15) is 21.6 Å². The molecule has 1 aromatic carbocycles. The molecular formula is C16H19N5O4. The van der Waals surface area contributed by atoms with Crippen molar-refractivity contribution in [2.24, 2.45) is 0 Å². The van der Waals surface area contributed by atoms with Gasteiger partial charge in [0.05, 0.1) is 27.9 Å². The number of aromatic nitrogens is 2. The Kier molecular flexibility index (Phi) is 4.22. The molecule has 0 radical (unpaired) electrons. The lowest BCUT2D eigenvalue weighted by Gasteiger charge is -2.18. The smallest absolute Gasteiger partial charge is 0.273 e. The zero-order valence-corrected chi connectivity index (χ0v) is 14.2. The number of hydrogen-bond donors (Lipinski definition) is 2. The maximum atomic E-state index is 12.6.